The van der Waals surface area contributed by atoms with E-state index in [0.717, 1.165) is 19.3 Å². The number of carbonyl (C=O) groups is 3. The molecule has 146 valence electrons. The number of hydrogen-bond donors (Lipinski definition) is 2. The molecule has 0 bridgehead atoms. The van der Waals surface area contributed by atoms with E-state index in [1.165, 1.54) is 22.5 Å². The van der Waals surface area contributed by atoms with E-state index in [-0.39, 0.29) is 18.4 Å². The minimum Gasteiger partial charge on any atom is -0.481 e. The number of amides is 2. The van der Waals surface area contributed by atoms with Crippen LogP contribution >= 0.6 is 11.3 Å². The van der Waals surface area contributed by atoms with Gasteiger partial charge in [0.1, 0.15) is 5.00 Å². The number of nitrogens with one attached hydrogen (secondary N) is 1. The third-order valence-electron chi connectivity index (χ3n) is 5.76. The predicted octanol–water partition coefficient (Wildman–Crippen LogP) is 3.43. The van der Waals surface area contributed by atoms with Crippen molar-refractivity contribution in [3.05, 3.63) is 51.9 Å². The van der Waals surface area contributed by atoms with Gasteiger partial charge in [-0.1, -0.05) is 6.07 Å². The van der Waals surface area contributed by atoms with Gasteiger partial charge < -0.3 is 15.3 Å². The summed E-state index contributed by atoms with van der Waals surface area (Å²) in [5.41, 5.74) is 2.61. The number of likely N-dealkylation sites (tertiary alicyclic amines) is 1. The van der Waals surface area contributed by atoms with Crippen molar-refractivity contribution < 1.29 is 19.5 Å². The van der Waals surface area contributed by atoms with E-state index in [1.807, 2.05) is 18.2 Å². The lowest BCUT2D eigenvalue weighted by Crippen LogP contribution is -2.35. The van der Waals surface area contributed by atoms with Crippen molar-refractivity contribution >= 4 is 34.1 Å². The van der Waals surface area contributed by atoms with Crippen LogP contribution in [0, 0.1) is 5.41 Å². The maximum Gasteiger partial charge on any atom is 0.311 e. The number of carboxylic acids is 1. The van der Waals surface area contributed by atoms with Gasteiger partial charge in [-0.2, -0.15) is 0 Å². The van der Waals surface area contributed by atoms with Gasteiger partial charge in [-0.05, 0) is 67.3 Å². The Morgan fingerprint density at radius 2 is 1.96 bits per heavy atom. The summed E-state index contributed by atoms with van der Waals surface area (Å²) >= 11 is 1.30. The Kier molecular flexibility index (Phi) is 4.71. The van der Waals surface area contributed by atoms with Gasteiger partial charge in [-0.15, -0.1) is 11.3 Å². The van der Waals surface area contributed by atoms with E-state index in [0.29, 0.717) is 29.1 Å². The van der Waals surface area contributed by atoms with Crippen molar-refractivity contribution in [3.8, 4) is 0 Å². The number of carboxylic acid groups (broad SMARTS) is 1. The number of aryl methyl sites for hydroxylation is 2. The quantitative estimate of drug-likeness (QED) is 0.826. The summed E-state index contributed by atoms with van der Waals surface area (Å²) in [6.07, 6.45) is 3.60. The number of anilines is 1. The summed E-state index contributed by atoms with van der Waals surface area (Å²) in [4.78, 5) is 38.6. The normalized spacial score (nSPS) is 20.8. The van der Waals surface area contributed by atoms with Crippen molar-refractivity contribution in [1.29, 1.82) is 0 Å². The largest absolute Gasteiger partial charge is 0.481 e. The second kappa shape index (κ2) is 7.05. The molecule has 1 atom stereocenters. The fourth-order valence-electron chi connectivity index (χ4n) is 3.94. The fraction of sp³-hybridized carbons (Fsp3) is 0.381. The summed E-state index contributed by atoms with van der Waals surface area (Å²) in [5, 5.41) is 14.5. The number of thiophene rings is 1. The van der Waals surface area contributed by atoms with Crippen molar-refractivity contribution in [3.63, 3.8) is 0 Å². The van der Waals surface area contributed by atoms with Gasteiger partial charge >= 0.3 is 5.97 Å². The zero-order valence-electron chi connectivity index (χ0n) is 15.7. The van der Waals surface area contributed by atoms with Crippen molar-refractivity contribution in [2.75, 3.05) is 18.4 Å². The molecule has 1 aliphatic carbocycles. The molecule has 1 aromatic carbocycles. The first-order valence-electron chi connectivity index (χ1n) is 9.41. The van der Waals surface area contributed by atoms with Gasteiger partial charge in [0.25, 0.3) is 11.8 Å². The Hall–Kier alpha value is -2.67. The maximum absolute atomic E-state index is 12.9. The molecule has 28 heavy (non-hydrogen) atoms. The van der Waals surface area contributed by atoms with Gasteiger partial charge in [0.05, 0.1) is 11.0 Å². The van der Waals surface area contributed by atoms with E-state index in [4.69, 9.17) is 0 Å². The molecule has 1 aliphatic heterocycles. The zero-order valence-corrected chi connectivity index (χ0v) is 16.5. The molecule has 0 spiro atoms. The van der Waals surface area contributed by atoms with Crippen LogP contribution < -0.4 is 5.32 Å². The van der Waals surface area contributed by atoms with Crippen LogP contribution in [0.2, 0.25) is 0 Å². The van der Waals surface area contributed by atoms with Crippen molar-refractivity contribution in [2.45, 2.75) is 32.6 Å². The summed E-state index contributed by atoms with van der Waals surface area (Å²) < 4.78 is 0. The first kappa shape index (κ1) is 18.7. The number of aliphatic carboxylic acids is 1. The van der Waals surface area contributed by atoms with Gasteiger partial charge in [0.15, 0.2) is 0 Å². The average Bonchev–Trinajstić information content (AvgIpc) is 3.40. The molecule has 2 heterocycles. The second-order valence-corrected chi connectivity index (χ2v) is 8.71. The molecule has 7 heteroatoms. The first-order valence-corrected chi connectivity index (χ1v) is 10.3. The Bertz CT molecular complexity index is 967. The number of fused-ring (bicyclic) bond motifs is 1. The minimum atomic E-state index is -0.917. The maximum atomic E-state index is 12.9. The van der Waals surface area contributed by atoms with Crippen LogP contribution in [0.1, 0.15) is 51.6 Å². The lowest BCUT2D eigenvalue weighted by atomic mass is 9.90. The molecule has 2 amide bonds. The summed E-state index contributed by atoms with van der Waals surface area (Å²) in [6, 6.07) is 7.45. The SMILES string of the molecule is CC1(C(=O)O)CCN(C(=O)c2ccsc2NC(=O)c2ccc3c(c2)CCC3)C1. The van der Waals surface area contributed by atoms with E-state index in [2.05, 4.69) is 5.32 Å². The smallest absolute Gasteiger partial charge is 0.311 e. The molecule has 1 aromatic heterocycles. The molecule has 6 nitrogen and oxygen atoms in total. The van der Waals surface area contributed by atoms with Crippen LogP contribution in [0.3, 0.4) is 0 Å². The monoisotopic (exact) mass is 398 g/mol. The number of nitrogens with zero attached hydrogens (tertiary/aromatic N) is 1. The molecule has 1 saturated heterocycles. The van der Waals surface area contributed by atoms with Gasteiger partial charge in [-0.3, -0.25) is 14.4 Å². The zero-order chi connectivity index (χ0) is 19.9. The summed E-state index contributed by atoms with van der Waals surface area (Å²) in [5.74, 6) is -1.36. The summed E-state index contributed by atoms with van der Waals surface area (Å²) in [7, 11) is 0. The second-order valence-electron chi connectivity index (χ2n) is 7.80. The molecule has 0 saturated carbocycles. The van der Waals surface area contributed by atoms with Crippen LogP contribution in [0.15, 0.2) is 29.6 Å². The molecule has 1 unspecified atom stereocenters. The Balaban J connectivity index is 1.49. The van der Waals surface area contributed by atoms with E-state index < -0.39 is 11.4 Å². The van der Waals surface area contributed by atoms with Gasteiger partial charge in [0.2, 0.25) is 0 Å². The number of carbonyl (C=O) groups excluding carboxylic acids is 2. The van der Waals surface area contributed by atoms with Crippen LogP contribution in [0.4, 0.5) is 5.00 Å². The predicted molar refractivity (Wildman–Crippen MR) is 107 cm³/mol. The Labute approximate surface area is 167 Å². The third-order valence-corrected chi connectivity index (χ3v) is 6.59. The van der Waals surface area contributed by atoms with E-state index >= 15 is 0 Å². The fourth-order valence-corrected chi connectivity index (χ4v) is 4.72. The lowest BCUT2D eigenvalue weighted by molar-refractivity contribution is -0.147. The van der Waals surface area contributed by atoms with Gasteiger partial charge in [-0.25, -0.2) is 0 Å². The van der Waals surface area contributed by atoms with Crippen molar-refractivity contribution in [2.24, 2.45) is 5.41 Å². The van der Waals surface area contributed by atoms with E-state index in [1.54, 1.807) is 23.3 Å². The van der Waals surface area contributed by atoms with Crippen molar-refractivity contribution in [1.82, 2.24) is 4.90 Å². The number of benzene rings is 1. The first-order chi connectivity index (χ1) is 13.4. The number of rotatable bonds is 4. The molecule has 2 N–H and O–H groups in total. The minimum absolute atomic E-state index is 0.176. The lowest BCUT2D eigenvalue weighted by Gasteiger charge is -2.20. The highest BCUT2D eigenvalue weighted by Gasteiger charge is 2.42. The van der Waals surface area contributed by atoms with Crippen LogP contribution in [0.5, 0.6) is 0 Å². The highest BCUT2D eigenvalue weighted by molar-refractivity contribution is 7.14. The highest BCUT2D eigenvalue weighted by Crippen LogP contribution is 2.33. The molecular weight excluding hydrogens is 376 g/mol. The Morgan fingerprint density at radius 1 is 1.18 bits per heavy atom. The molecule has 2 aliphatic rings. The molecule has 4 rings (SSSR count). The number of hydrogen-bond acceptors (Lipinski definition) is 4. The van der Waals surface area contributed by atoms with Gasteiger partial charge in [0, 0.05) is 18.7 Å². The topological polar surface area (TPSA) is 86.7 Å². The third kappa shape index (κ3) is 3.30. The summed E-state index contributed by atoms with van der Waals surface area (Å²) in [6.45, 7) is 2.23. The van der Waals surface area contributed by atoms with Crippen LogP contribution in [-0.2, 0) is 17.6 Å². The van der Waals surface area contributed by atoms with E-state index in [9.17, 15) is 19.5 Å². The molecule has 1 fully saturated rings. The highest BCUT2D eigenvalue weighted by atomic mass is 32.1. The Morgan fingerprint density at radius 3 is 2.71 bits per heavy atom. The molecular formula is C21H22N2O4S. The van der Waals surface area contributed by atoms with Crippen LogP contribution in [0.25, 0.3) is 0 Å². The molecule has 0 radical (unpaired) electrons. The molecule has 2 aromatic rings. The standard InChI is InChI=1S/C21H22N2O4S/c1-21(20(26)27)8-9-23(12-21)19(25)16-7-10-28-18(16)22-17(24)15-6-5-13-3-2-4-14(13)11-15/h5-7,10-11H,2-4,8-9,12H2,1H3,(H,22,24)(H,26,27). The van der Waals surface area contributed by atoms with Crippen LogP contribution in [-0.4, -0.2) is 40.9 Å². The average molecular weight is 398 g/mol.